The summed E-state index contributed by atoms with van der Waals surface area (Å²) in [5.41, 5.74) is 2.84. The third kappa shape index (κ3) is 4.17. The van der Waals surface area contributed by atoms with Gasteiger partial charge in [-0.05, 0) is 41.8 Å². The molecule has 1 atom stereocenters. The van der Waals surface area contributed by atoms with Crippen LogP contribution in [0.15, 0.2) is 55.1 Å². The number of phenolic OH excluding ortho intramolecular Hbond substituents is 1. The molecule has 2 aromatic rings. The first kappa shape index (κ1) is 18.7. The predicted molar refractivity (Wildman–Crippen MR) is 103 cm³/mol. The molecule has 1 unspecified atom stereocenters. The number of phenols is 1. The van der Waals surface area contributed by atoms with Crippen LogP contribution in [0.4, 0.5) is 5.69 Å². The van der Waals surface area contributed by atoms with Crippen molar-refractivity contribution < 1.29 is 19.4 Å². The molecule has 1 aliphatic heterocycles. The molecule has 27 heavy (non-hydrogen) atoms. The van der Waals surface area contributed by atoms with Crippen molar-refractivity contribution in [2.45, 2.75) is 12.5 Å². The largest absolute Gasteiger partial charge is 0.507 e. The van der Waals surface area contributed by atoms with Gasteiger partial charge in [-0.25, -0.2) is 0 Å². The van der Waals surface area contributed by atoms with Gasteiger partial charge in [-0.3, -0.25) is 9.59 Å². The van der Waals surface area contributed by atoms with E-state index in [1.54, 1.807) is 7.05 Å². The fraction of sp³-hybridized carbons (Fsp3) is 0.238. The number of carbonyl (C=O) groups is 2. The lowest BCUT2D eigenvalue weighted by atomic mass is 9.97. The van der Waals surface area contributed by atoms with Crippen molar-refractivity contribution in [3.63, 3.8) is 0 Å². The van der Waals surface area contributed by atoms with E-state index in [0.717, 1.165) is 18.1 Å². The third-order valence-electron chi connectivity index (χ3n) is 4.56. The third-order valence-corrected chi connectivity index (χ3v) is 4.56. The van der Waals surface area contributed by atoms with Gasteiger partial charge in [-0.2, -0.15) is 0 Å². The quantitative estimate of drug-likeness (QED) is 0.630. The van der Waals surface area contributed by atoms with Gasteiger partial charge in [0.2, 0.25) is 5.91 Å². The van der Waals surface area contributed by atoms with E-state index in [9.17, 15) is 14.7 Å². The van der Waals surface area contributed by atoms with E-state index in [2.05, 4.69) is 18.0 Å². The summed E-state index contributed by atoms with van der Waals surface area (Å²) in [4.78, 5) is 25.8. The van der Waals surface area contributed by atoms with Crippen molar-refractivity contribution in [2.24, 2.45) is 0 Å². The number of rotatable bonds is 5. The zero-order valence-corrected chi connectivity index (χ0v) is 15.1. The predicted octanol–water partition coefficient (Wildman–Crippen LogP) is 2.90. The minimum Gasteiger partial charge on any atom is -0.507 e. The molecule has 140 valence electrons. The summed E-state index contributed by atoms with van der Waals surface area (Å²) in [6, 6.07) is 12.4. The summed E-state index contributed by atoms with van der Waals surface area (Å²) < 4.78 is 5.86. The van der Waals surface area contributed by atoms with Gasteiger partial charge in [0.25, 0.3) is 5.91 Å². The maximum atomic E-state index is 12.8. The zero-order chi connectivity index (χ0) is 19.4. The molecule has 0 saturated heterocycles. The molecule has 0 fully saturated rings. The molecular formula is C21H22N2O4. The SMILES string of the molecule is C=CC(=O)Nc1ccc(O)c(C(=O)N(C)CC2OCCc3ccccc32)c1. The molecule has 2 aromatic carbocycles. The van der Waals surface area contributed by atoms with E-state index in [-0.39, 0.29) is 29.2 Å². The molecule has 1 heterocycles. The van der Waals surface area contributed by atoms with Crippen LogP contribution < -0.4 is 5.32 Å². The highest BCUT2D eigenvalue weighted by Crippen LogP contribution is 2.29. The van der Waals surface area contributed by atoms with Gasteiger partial charge in [0.15, 0.2) is 0 Å². The van der Waals surface area contributed by atoms with Crippen LogP contribution in [0.25, 0.3) is 0 Å². The summed E-state index contributed by atoms with van der Waals surface area (Å²) in [7, 11) is 1.66. The van der Waals surface area contributed by atoms with Crippen LogP contribution in [-0.2, 0) is 16.0 Å². The van der Waals surface area contributed by atoms with Crippen LogP contribution in [0.3, 0.4) is 0 Å². The van der Waals surface area contributed by atoms with Crippen LogP contribution in [0.2, 0.25) is 0 Å². The first-order valence-electron chi connectivity index (χ1n) is 8.71. The summed E-state index contributed by atoms with van der Waals surface area (Å²) in [6.45, 7) is 4.36. The Bertz CT molecular complexity index is 878. The number of hydrogen-bond acceptors (Lipinski definition) is 4. The number of fused-ring (bicyclic) bond motifs is 1. The summed E-state index contributed by atoms with van der Waals surface area (Å²) >= 11 is 0. The number of anilines is 1. The molecule has 0 bridgehead atoms. The fourth-order valence-corrected chi connectivity index (χ4v) is 3.14. The molecule has 6 nitrogen and oxygen atoms in total. The molecule has 0 aromatic heterocycles. The fourth-order valence-electron chi connectivity index (χ4n) is 3.14. The Kier molecular flexibility index (Phi) is 5.57. The van der Waals surface area contributed by atoms with Crippen molar-refractivity contribution in [3.8, 4) is 5.75 Å². The van der Waals surface area contributed by atoms with Gasteiger partial charge in [-0.15, -0.1) is 0 Å². The normalized spacial score (nSPS) is 15.5. The van der Waals surface area contributed by atoms with E-state index in [1.165, 1.54) is 28.7 Å². The summed E-state index contributed by atoms with van der Waals surface area (Å²) in [5.74, 6) is -0.887. The minimum absolute atomic E-state index is 0.114. The maximum Gasteiger partial charge on any atom is 0.257 e. The average molecular weight is 366 g/mol. The lowest BCUT2D eigenvalue weighted by Gasteiger charge is -2.30. The molecule has 0 saturated carbocycles. The average Bonchev–Trinajstić information content (AvgIpc) is 2.69. The number of nitrogens with one attached hydrogen (secondary N) is 1. The molecule has 6 heteroatoms. The Morgan fingerprint density at radius 2 is 2.11 bits per heavy atom. The van der Waals surface area contributed by atoms with Gasteiger partial charge < -0.3 is 20.1 Å². The molecule has 3 rings (SSSR count). The smallest absolute Gasteiger partial charge is 0.257 e. The number of amides is 2. The molecule has 0 radical (unpaired) electrons. The highest BCUT2D eigenvalue weighted by atomic mass is 16.5. The lowest BCUT2D eigenvalue weighted by molar-refractivity contribution is -0.111. The zero-order valence-electron chi connectivity index (χ0n) is 15.1. The topological polar surface area (TPSA) is 78.9 Å². The number of aromatic hydroxyl groups is 1. The van der Waals surface area contributed by atoms with E-state index < -0.39 is 0 Å². The van der Waals surface area contributed by atoms with Crippen LogP contribution >= 0.6 is 0 Å². The highest BCUT2D eigenvalue weighted by molar-refractivity contribution is 6.01. The van der Waals surface area contributed by atoms with Crippen molar-refractivity contribution in [1.82, 2.24) is 4.90 Å². The van der Waals surface area contributed by atoms with Crippen LogP contribution in [0.1, 0.15) is 27.6 Å². The second-order valence-electron chi connectivity index (χ2n) is 6.42. The number of nitrogens with zero attached hydrogens (tertiary/aromatic N) is 1. The van der Waals surface area contributed by atoms with E-state index in [4.69, 9.17) is 4.74 Å². The van der Waals surface area contributed by atoms with Crippen molar-refractivity contribution in [1.29, 1.82) is 0 Å². The Morgan fingerprint density at radius 1 is 1.33 bits per heavy atom. The standard InChI is InChI=1S/C21H22N2O4/c1-3-20(25)22-15-8-9-18(24)17(12-15)21(26)23(2)13-19-16-7-5-4-6-14(16)10-11-27-19/h3-9,12,19,24H,1,10-11,13H2,2H3,(H,22,25). The highest BCUT2D eigenvalue weighted by Gasteiger charge is 2.25. The number of likely N-dealkylation sites (N-methyl/N-ethyl adjacent to an activating group) is 1. The summed E-state index contributed by atoms with van der Waals surface area (Å²) in [5, 5.41) is 12.7. The summed E-state index contributed by atoms with van der Waals surface area (Å²) in [6.07, 6.45) is 1.78. The van der Waals surface area contributed by atoms with Gasteiger partial charge in [0, 0.05) is 12.7 Å². The minimum atomic E-state index is -0.389. The molecule has 0 spiro atoms. The van der Waals surface area contributed by atoms with Gasteiger partial charge in [0.05, 0.1) is 18.7 Å². The van der Waals surface area contributed by atoms with E-state index in [1.807, 2.05) is 18.2 Å². The Labute approximate surface area is 158 Å². The first-order valence-corrected chi connectivity index (χ1v) is 8.71. The number of ether oxygens (including phenoxy) is 1. The van der Waals surface area contributed by atoms with E-state index >= 15 is 0 Å². The molecule has 2 N–H and O–H groups in total. The Hall–Kier alpha value is -3.12. The van der Waals surface area contributed by atoms with E-state index in [0.29, 0.717) is 18.8 Å². The molecule has 2 amide bonds. The maximum absolute atomic E-state index is 12.8. The second kappa shape index (κ2) is 8.05. The number of carbonyl (C=O) groups excluding carboxylic acids is 2. The monoisotopic (exact) mass is 366 g/mol. The number of benzene rings is 2. The second-order valence-corrected chi connectivity index (χ2v) is 6.42. The van der Waals surface area contributed by atoms with Crippen LogP contribution in [-0.4, -0.2) is 42.0 Å². The Morgan fingerprint density at radius 3 is 2.89 bits per heavy atom. The van der Waals surface area contributed by atoms with Crippen molar-refractivity contribution in [2.75, 3.05) is 25.5 Å². The lowest BCUT2D eigenvalue weighted by Crippen LogP contribution is -2.34. The molecule has 0 aliphatic carbocycles. The van der Waals surface area contributed by atoms with Crippen molar-refractivity contribution in [3.05, 3.63) is 71.8 Å². The number of hydrogen-bond donors (Lipinski definition) is 2. The van der Waals surface area contributed by atoms with Crippen molar-refractivity contribution >= 4 is 17.5 Å². The first-order chi connectivity index (χ1) is 13.0. The molecular weight excluding hydrogens is 344 g/mol. The Balaban J connectivity index is 1.77. The van der Waals surface area contributed by atoms with Crippen LogP contribution in [0.5, 0.6) is 5.75 Å². The van der Waals surface area contributed by atoms with Gasteiger partial charge in [0.1, 0.15) is 11.9 Å². The molecule has 1 aliphatic rings. The van der Waals surface area contributed by atoms with Gasteiger partial charge in [-0.1, -0.05) is 30.8 Å². The van der Waals surface area contributed by atoms with Gasteiger partial charge >= 0.3 is 0 Å². The van der Waals surface area contributed by atoms with Crippen LogP contribution in [0, 0.1) is 0 Å².